The number of hydrogen-bond donors (Lipinski definition) is 1. The molecule has 0 aliphatic rings. The lowest BCUT2D eigenvalue weighted by molar-refractivity contribution is 1.06. The monoisotopic (exact) mass is 315 g/mol. The van der Waals surface area contributed by atoms with Gasteiger partial charge in [-0.3, -0.25) is 0 Å². The third-order valence-electron chi connectivity index (χ3n) is 2.53. The van der Waals surface area contributed by atoms with Crippen LogP contribution in [0.15, 0.2) is 28.1 Å². The lowest BCUT2D eigenvalue weighted by Gasteiger charge is -2.01. The van der Waals surface area contributed by atoms with Gasteiger partial charge >= 0.3 is 0 Å². The summed E-state index contributed by atoms with van der Waals surface area (Å²) in [6.45, 7) is 2.67. The standard InChI is InChI=1S/C12H11BrClNS/c1-7-10(6-15)12(13)16-11(7)8-2-4-9(14)5-3-8/h2-5H,6,15H2,1H3. The summed E-state index contributed by atoms with van der Waals surface area (Å²) in [7, 11) is 0. The molecule has 0 fully saturated rings. The first-order valence-corrected chi connectivity index (χ1v) is 6.86. The molecule has 1 nitrogen and oxygen atoms in total. The van der Waals surface area contributed by atoms with E-state index in [1.54, 1.807) is 11.3 Å². The third kappa shape index (κ3) is 2.18. The summed E-state index contributed by atoms with van der Waals surface area (Å²) in [5.74, 6) is 0. The molecular weight excluding hydrogens is 306 g/mol. The molecule has 16 heavy (non-hydrogen) atoms. The van der Waals surface area contributed by atoms with Crippen LogP contribution in [0.3, 0.4) is 0 Å². The van der Waals surface area contributed by atoms with E-state index in [1.165, 1.54) is 21.6 Å². The predicted octanol–water partition coefficient (Wildman–Crippen LogP) is 4.60. The fourth-order valence-electron chi connectivity index (χ4n) is 1.62. The van der Waals surface area contributed by atoms with E-state index in [2.05, 4.69) is 22.9 Å². The minimum atomic E-state index is 0.566. The van der Waals surface area contributed by atoms with E-state index in [-0.39, 0.29) is 0 Å². The highest BCUT2D eigenvalue weighted by Gasteiger charge is 2.13. The molecule has 2 rings (SSSR count). The lowest BCUT2D eigenvalue weighted by atomic mass is 10.1. The van der Waals surface area contributed by atoms with Crippen molar-refractivity contribution in [2.24, 2.45) is 5.73 Å². The number of halogens is 2. The van der Waals surface area contributed by atoms with Crippen molar-refractivity contribution < 1.29 is 0 Å². The molecule has 1 heterocycles. The third-order valence-corrected chi connectivity index (χ3v) is 4.92. The van der Waals surface area contributed by atoms with Crippen molar-refractivity contribution >= 4 is 38.9 Å². The van der Waals surface area contributed by atoms with Crippen LogP contribution in [-0.2, 0) is 6.54 Å². The Morgan fingerprint density at radius 2 is 1.94 bits per heavy atom. The average Bonchev–Trinajstić information content (AvgIpc) is 2.55. The summed E-state index contributed by atoms with van der Waals surface area (Å²) < 4.78 is 1.12. The summed E-state index contributed by atoms with van der Waals surface area (Å²) in [5.41, 5.74) is 9.35. The maximum absolute atomic E-state index is 5.88. The van der Waals surface area contributed by atoms with Gasteiger partial charge in [-0.1, -0.05) is 23.7 Å². The number of benzene rings is 1. The minimum absolute atomic E-state index is 0.566. The van der Waals surface area contributed by atoms with Crippen molar-refractivity contribution in [3.05, 3.63) is 44.2 Å². The molecule has 0 unspecified atom stereocenters. The Kier molecular flexibility index (Phi) is 3.70. The zero-order chi connectivity index (χ0) is 11.7. The average molecular weight is 317 g/mol. The van der Waals surface area contributed by atoms with Crippen LogP contribution in [0.2, 0.25) is 5.02 Å². The normalized spacial score (nSPS) is 10.8. The van der Waals surface area contributed by atoms with E-state index >= 15 is 0 Å². The molecule has 4 heteroatoms. The molecule has 2 aromatic rings. The van der Waals surface area contributed by atoms with Crippen molar-refractivity contribution in [1.29, 1.82) is 0 Å². The lowest BCUT2D eigenvalue weighted by Crippen LogP contribution is -1.96. The van der Waals surface area contributed by atoms with Gasteiger partial charge in [0.05, 0.1) is 3.79 Å². The second-order valence-electron chi connectivity index (χ2n) is 3.52. The van der Waals surface area contributed by atoms with E-state index in [1.807, 2.05) is 24.3 Å². The van der Waals surface area contributed by atoms with Gasteiger partial charge in [-0.15, -0.1) is 11.3 Å². The Morgan fingerprint density at radius 3 is 2.44 bits per heavy atom. The highest BCUT2D eigenvalue weighted by Crippen LogP contribution is 2.39. The molecule has 0 saturated carbocycles. The van der Waals surface area contributed by atoms with Gasteiger partial charge in [0.25, 0.3) is 0 Å². The highest BCUT2D eigenvalue weighted by molar-refractivity contribution is 9.11. The van der Waals surface area contributed by atoms with E-state index in [0.29, 0.717) is 6.54 Å². The van der Waals surface area contributed by atoms with Gasteiger partial charge in [-0.25, -0.2) is 0 Å². The first-order valence-electron chi connectivity index (χ1n) is 4.87. The zero-order valence-corrected chi connectivity index (χ0v) is 11.9. The van der Waals surface area contributed by atoms with Crippen LogP contribution in [0.4, 0.5) is 0 Å². The van der Waals surface area contributed by atoms with Crippen LogP contribution in [-0.4, -0.2) is 0 Å². The molecule has 1 aromatic carbocycles. The number of rotatable bonds is 2. The highest BCUT2D eigenvalue weighted by atomic mass is 79.9. The van der Waals surface area contributed by atoms with E-state index < -0.39 is 0 Å². The van der Waals surface area contributed by atoms with Crippen LogP contribution < -0.4 is 5.73 Å². The molecule has 0 amide bonds. The van der Waals surface area contributed by atoms with Crippen molar-refractivity contribution in [3.8, 4) is 10.4 Å². The Balaban J connectivity index is 2.52. The molecule has 84 valence electrons. The quantitative estimate of drug-likeness (QED) is 0.861. The molecule has 2 N–H and O–H groups in total. The summed E-state index contributed by atoms with van der Waals surface area (Å²) in [6, 6.07) is 7.89. The fourth-order valence-corrected chi connectivity index (χ4v) is 3.76. The van der Waals surface area contributed by atoms with Crippen molar-refractivity contribution in [1.82, 2.24) is 0 Å². The van der Waals surface area contributed by atoms with Gasteiger partial charge < -0.3 is 5.73 Å². The van der Waals surface area contributed by atoms with Crippen LogP contribution >= 0.6 is 38.9 Å². The molecule has 0 aliphatic carbocycles. The van der Waals surface area contributed by atoms with Crippen LogP contribution in [0.25, 0.3) is 10.4 Å². The maximum atomic E-state index is 5.88. The topological polar surface area (TPSA) is 26.0 Å². The van der Waals surface area contributed by atoms with E-state index in [9.17, 15) is 0 Å². The van der Waals surface area contributed by atoms with Gasteiger partial charge in [-0.05, 0) is 51.7 Å². The fraction of sp³-hybridized carbons (Fsp3) is 0.167. The van der Waals surface area contributed by atoms with Crippen LogP contribution in [0.1, 0.15) is 11.1 Å². The van der Waals surface area contributed by atoms with Crippen molar-refractivity contribution in [3.63, 3.8) is 0 Å². The summed E-state index contributed by atoms with van der Waals surface area (Å²) in [6.07, 6.45) is 0. The molecule has 0 radical (unpaired) electrons. The summed E-state index contributed by atoms with van der Waals surface area (Å²) >= 11 is 11.1. The summed E-state index contributed by atoms with van der Waals surface area (Å²) in [5, 5.41) is 0.760. The van der Waals surface area contributed by atoms with Gasteiger partial charge in [0.1, 0.15) is 0 Å². The largest absolute Gasteiger partial charge is 0.326 e. The van der Waals surface area contributed by atoms with Crippen LogP contribution in [0.5, 0.6) is 0 Å². The smallest absolute Gasteiger partial charge is 0.0752 e. The Labute approximate surface area is 112 Å². The van der Waals surface area contributed by atoms with E-state index in [0.717, 1.165) is 8.81 Å². The van der Waals surface area contributed by atoms with Gasteiger partial charge in [0.15, 0.2) is 0 Å². The number of nitrogens with two attached hydrogens (primary N) is 1. The first kappa shape index (κ1) is 12.1. The minimum Gasteiger partial charge on any atom is -0.326 e. The number of thiophene rings is 1. The van der Waals surface area contributed by atoms with Crippen molar-refractivity contribution in [2.75, 3.05) is 0 Å². The van der Waals surface area contributed by atoms with E-state index in [4.69, 9.17) is 17.3 Å². The van der Waals surface area contributed by atoms with Crippen molar-refractivity contribution in [2.45, 2.75) is 13.5 Å². The van der Waals surface area contributed by atoms with Crippen LogP contribution in [0, 0.1) is 6.92 Å². The Bertz CT molecular complexity index is 504. The Morgan fingerprint density at radius 1 is 1.31 bits per heavy atom. The molecular formula is C12H11BrClNS. The molecule has 0 aliphatic heterocycles. The van der Waals surface area contributed by atoms with Gasteiger partial charge in [-0.2, -0.15) is 0 Å². The Hall–Kier alpha value is -0.350. The molecule has 0 saturated heterocycles. The van der Waals surface area contributed by atoms with Gasteiger partial charge in [0.2, 0.25) is 0 Å². The maximum Gasteiger partial charge on any atom is 0.0752 e. The van der Waals surface area contributed by atoms with Gasteiger partial charge in [0, 0.05) is 16.4 Å². The SMILES string of the molecule is Cc1c(-c2ccc(Cl)cc2)sc(Br)c1CN. The first-order chi connectivity index (χ1) is 7.63. The predicted molar refractivity (Wildman–Crippen MR) is 75.1 cm³/mol. The molecule has 0 bridgehead atoms. The zero-order valence-electron chi connectivity index (χ0n) is 8.76. The molecule has 1 aromatic heterocycles. The second kappa shape index (κ2) is 4.88. The second-order valence-corrected chi connectivity index (χ2v) is 6.29. The molecule has 0 atom stereocenters. The summed E-state index contributed by atoms with van der Waals surface area (Å²) in [4.78, 5) is 1.25. The molecule has 0 spiro atoms. The number of hydrogen-bond acceptors (Lipinski definition) is 2.